The number of rotatable bonds is 4. The lowest BCUT2D eigenvalue weighted by Gasteiger charge is -2.08. The van der Waals surface area contributed by atoms with Crippen LogP contribution in [0.5, 0.6) is 0 Å². The number of amidine groups is 1. The third kappa shape index (κ3) is 5.74. The van der Waals surface area contributed by atoms with Gasteiger partial charge in [0.1, 0.15) is 11.6 Å². The number of nitriles is 1. The quantitative estimate of drug-likeness (QED) is 0.168. The van der Waals surface area contributed by atoms with Crippen LogP contribution in [0, 0.1) is 21.4 Å². The van der Waals surface area contributed by atoms with Gasteiger partial charge in [-0.1, -0.05) is 6.07 Å². The molecule has 0 aliphatic rings. The van der Waals surface area contributed by atoms with Crippen molar-refractivity contribution in [3.8, 4) is 6.07 Å². The van der Waals surface area contributed by atoms with Crippen molar-refractivity contribution in [3.05, 3.63) is 63.7 Å². The van der Waals surface area contributed by atoms with E-state index in [1.165, 1.54) is 12.1 Å². The Bertz CT molecular complexity index is 1060. The van der Waals surface area contributed by atoms with Gasteiger partial charge < -0.3 is 0 Å². The lowest BCUT2D eigenvalue weighted by Crippen LogP contribution is -2.08. The van der Waals surface area contributed by atoms with Gasteiger partial charge in [0.15, 0.2) is 0 Å². The summed E-state index contributed by atoms with van der Waals surface area (Å²) < 4.78 is 76.8. The number of alkyl halides is 6. The van der Waals surface area contributed by atoms with E-state index in [4.69, 9.17) is 5.26 Å². The molecule has 0 aromatic heterocycles. The molecule has 0 saturated heterocycles. The molecule has 0 radical (unpaired) electrons. The van der Waals surface area contributed by atoms with Crippen molar-refractivity contribution in [2.45, 2.75) is 12.4 Å². The zero-order valence-corrected chi connectivity index (χ0v) is 14.4. The highest BCUT2D eigenvalue weighted by Crippen LogP contribution is 2.38. The lowest BCUT2D eigenvalue weighted by atomic mass is 10.1. The smallest absolute Gasteiger partial charge is 0.276 e. The van der Waals surface area contributed by atoms with Crippen molar-refractivity contribution in [1.29, 1.82) is 5.26 Å². The second kappa shape index (κ2) is 8.55. The molecule has 2 aromatic rings. The van der Waals surface area contributed by atoms with Crippen molar-refractivity contribution >= 4 is 22.9 Å². The van der Waals surface area contributed by atoms with Crippen LogP contribution in [0.15, 0.2) is 57.8 Å². The number of hydrogen-bond acceptors (Lipinski definition) is 6. The summed E-state index contributed by atoms with van der Waals surface area (Å²) in [5, 5.41) is 29.7. The number of nitrogens with zero attached hydrogens (tertiary/aromatic N) is 5. The first kappa shape index (κ1) is 22.3. The van der Waals surface area contributed by atoms with E-state index < -0.39 is 45.6 Å². The minimum atomic E-state index is -5.04. The topological polar surface area (TPSA) is 116 Å². The third-order valence-corrected chi connectivity index (χ3v) is 3.32. The van der Waals surface area contributed by atoms with E-state index in [9.17, 15) is 36.5 Å². The van der Waals surface area contributed by atoms with E-state index in [2.05, 4.69) is 20.8 Å². The first-order chi connectivity index (χ1) is 13.9. The molecule has 0 heterocycles. The molecule has 0 bridgehead atoms. The van der Waals surface area contributed by atoms with Gasteiger partial charge in [-0.2, -0.15) is 31.6 Å². The monoisotopic (exact) mass is 430 g/mol. The highest BCUT2D eigenvalue weighted by Gasteiger charge is 2.38. The molecule has 0 aliphatic carbocycles. The van der Waals surface area contributed by atoms with Gasteiger partial charge in [0.25, 0.3) is 11.5 Å². The number of benzene rings is 2. The molecule has 0 amide bonds. The van der Waals surface area contributed by atoms with E-state index in [0.29, 0.717) is 18.2 Å². The summed E-state index contributed by atoms with van der Waals surface area (Å²) in [6.07, 6.45) is -9.64. The van der Waals surface area contributed by atoms with Crippen molar-refractivity contribution in [3.63, 3.8) is 0 Å². The Balaban J connectivity index is 2.26. The fourth-order valence-electron chi connectivity index (χ4n) is 2.03. The highest BCUT2D eigenvalue weighted by atomic mass is 19.4. The first-order valence-electron chi connectivity index (χ1n) is 7.60. The summed E-state index contributed by atoms with van der Waals surface area (Å²) in [7, 11) is 0. The first-order valence-corrected chi connectivity index (χ1v) is 7.60. The zero-order chi connectivity index (χ0) is 22.5. The van der Waals surface area contributed by atoms with Crippen LogP contribution in [0.2, 0.25) is 0 Å². The van der Waals surface area contributed by atoms with Crippen LogP contribution in [-0.4, -0.2) is 10.8 Å². The Morgan fingerprint density at radius 2 is 1.77 bits per heavy atom. The van der Waals surface area contributed by atoms with Crippen LogP contribution in [0.3, 0.4) is 0 Å². The van der Waals surface area contributed by atoms with Crippen LogP contribution in [0.4, 0.5) is 43.4 Å². The van der Waals surface area contributed by atoms with Gasteiger partial charge in [-0.15, -0.1) is 15.3 Å². The van der Waals surface area contributed by atoms with Gasteiger partial charge >= 0.3 is 12.4 Å². The predicted octanol–water partition coefficient (Wildman–Crippen LogP) is 5.67. The molecule has 14 heteroatoms. The van der Waals surface area contributed by atoms with Gasteiger partial charge in [0, 0.05) is 6.07 Å². The number of nitro benzene ring substituents is 1. The summed E-state index contributed by atoms with van der Waals surface area (Å²) in [6, 6.07) is 7.06. The van der Waals surface area contributed by atoms with Crippen molar-refractivity contribution in [2.24, 2.45) is 15.3 Å². The molecule has 156 valence electrons. The molecule has 2 rings (SSSR count). The van der Waals surface area contributed by atoms with E-state index >= 15 is 0 Å². The Kier molecular flexibility index (Phi) is 6.35. The molecule has 0 aliphatic heterocycles. The van der Waals surface area contributed by atoms with Crippen LogP contribution in [0.25, 0.3) is 0 Å². The maximum atomic E-state index is 12.9. The fraction of sp³-hybridized carbons (Fsp3) is 0.125. The minimum absolute atomic E-state index is 0.137. The summed E-state index contributed by atoms with van der Waals surface area (Å²) in [5.41, 5.74) is -2.19. The Labute approximate surface area is 163 Å². The lowest BCUT2D eigenvalue weighted by molar-refractivity contribution is -0.388. The average molecular weight is 430 g/mol. The van der Waals surface area contributed by atoms with Gasteiger partial charge in [0.2, 0.25) is 0 Å². The van der Waals surface area contributed by atoms with Crippen molar-refractivity contribution in [2.75, 3.05) is 5.43 Å². The number of anilines is 1. The largest absolute Gasteiger partial charge is 0.423 e. The van der Waals surface area contributed by atoms with Crippen molar-refractivity contribution in [1.82, 2.24) is 0 Å². The second-order valence-corrected chi connectivity index (χ2v) is 5.39. The number of hydrogen-bond donors (Lipinski definition) is 1. The summed E-state index contributed by atoms with van der Waals surface area (Å²) in [5.74, 6) is -0.723. The van der Waals surface area contributed by atoms with Crippen LogP contribution >= 0.6 is 0 Å². The normalized spacial score (nSPS) is 12.6. The number of azo groups is 1. The molecule has 0 unspecified atom stereocenters. The van der Waals surface area contributed by atoms with Gasteiger partial charge in [-0.3, -0.25) is 15.5 Å². The van der Waals surface area contributed by atoms with E-state index in [0.717, 1.165) is 18.2 Å². The molecular formula is C16H8F6N6O2. The van der Waals surface area contributed by atoms with Crippen LogP contribution in [-0.2, 0) is 12.4 Å². The zero-order valence-electron chi connectivity index (χ0n) is 14.4. The second-order valence-electron chi connectivity index (χ2n) is 5.39. The molecule has 2 aromatic carbocycles. The molecule has 8 nitrogen and oxygen atoms in total. The fourth-order valence-corrected chi connectivity index (χ4v) is 2.03. The van der Waals surface area contributed by atoms with Gasteiger partial charge in [-0.25, -0.2) is 0 Å². The molecule has 30 heavy (non-hydrogen) atoms. The number of nitro groups is 1. The number of nitrogens with one attached hydrogen (secondary N) is 1. The SMILES string of the molecule is N#C/C(N=Nc1ccc([N+](=O)[O-])c(C(F)(F)F)c1)=N\Nc1cccc(C(F)(F)F)c1. The highest BCUT2D eigenvalue weighted by molar-refractivity contribution is 5.97. The predicted molar refractivity (Wildman–Crippen MR) is 90.7 cm³/mol. The maximum Gasteiger partial charge on any atom is 0.423 e. The Morgan fingerprint density at radius 1 is 1.07 bits per heavy atom. The molecule has 0 atom stereocenters. The van der Waals surface area contributed by atoms with Gasteiger partial charge in [0.05, 0.1) is 21.9 Å². The van der Waals surface area contributed by atoms with Crippen molar-refractivity contribution < 1.29 is 31.3 Å². The van der Waals surface area contributed by atoms with Crippen LogP contribution < -0.4 is 5.43 Å². The third-order valence-electron chi connectivity index (χ3n) is 3.32. The number of hydrazone groups is 1. The molecule has 0 spiro atoms. The maximum absolute atomic E-state index is 12.9. The van der Waals surface area contributed by atoms with E-state index in [-0.39, 0.29) is 5.69 Å². The summed E-state index contributed by atoms with van der Waals surface area (Å²) in [4.78, 5) is 9.49. The van der Waals surface area contributed by atoms with Gasteiger partial charge in [-0.05, 0) is 30.3 Å². The summed E-state index contributed by atoms with van der Waals surface area (Å²) in [6.45, 7) is 0. The van der Waals surface area contributed by atoms with E-state index in [1.54, 1.807) is 0 Å². The molecular weight excluding hydrogens is 422 g/mol. The van der Waals surface area contributed by atoms with Crippen LogP contribution in [0.1, 0.15) is 11.1 Å². The molecule has 0 fully saturated rings. The molecule has 0 saturated carbocycles. The van der Waals surface area contributed by atoms with E-state index in [1.807, 2.05) is 0 Å². The Morgan fingerprint density at radius 3 is 2.33 bits per heavy atom. The number of halogens is 6. The Hall–Kier alpha value is -4.02. The minimum Gasteiger partial charge on any atom is -0.276 e. The standard InChI is InChI=1S/C16H8F6N6O2/c17-15(18,19)9-2-1-3-10(6-9)24-26-14(8-23)27-25-11-4-5-13(28(29)30)12(7-11)16(20,21)22/h1-7,24H/b26-14+,27-25?. The molecule has 1 N–H and O–H groups in total. The average Bonchev–Trinajstić information content (AvgIpc) is 2.66. The summed E-state index contributed by atoms with van der Waals surface area (Å²) >= 11 is 0.